The van der Waals surface area contributed by atoms with Gasteiger partial charge in [-0.25, -0.2) is 0 Å². The molecule has 2 N–H and O–H groups in total. The molecule has 25 heavy (non-hydrogen) atoms. The number of rotatable bonds is 4. The molecule has 1 aliphatic rings. The summed E-state index contributed by atoms with van der Waals surface area (Å²) in [6.45, 7) is 2.40. The van der Waals surface area contributed by atoms with Gasteiger partial charge in [-0.05, 0) is 18.2 Å². The van der Waals surface area contributed by atoms with Crippen molar-refractivity contribution in [3.63, 3.8) is 0 Å². The number of morpholine rings is 1. The summed E-state index contributed by atoms with van der Waals surface area (Å²) >= 11 is 0. The number of nitrogens with zero attached hydrogens (tertiary/aromatic N) is 4. The van der Waals surface area contributed by atoms with E-state index in [9.17, 15) is 13.2 Å². The van der Waals surface area contributed by atoms with E-state index in [0.717, 1.165) is 12.1 Å². The molecule has 0 amide bonds. The average molecular weight is 354 g/mol. The molecule has 10 heteroatoms. The molecule has 0 unspecified atom stereocenters. The van der Waals surface area contributed by atoms with E-state index in [1.165, 1.54) is 12.1 Å². The van der Waals surface area contributed by atoms with Crippen molar-refractivity contribution in [2.45, 2.75) is 6.18 Å². The minimum absolute atomic E-state index is 0.167. The molecule has 2 aromatic rings. The Morgan fingerprint density at radius 1 is 1.08 bits per heavy atom. The number of anilines is 4. The number of aromatic nitrogens is 3. The maximum atomic E-state index is 12.8. The highest BCUT2D eigenvalue weighted by Crippen LogP contribution is 2.31. The molecule has 0 bridgehead atoms. The van der Waals surface area contributed by atoms with E-state index in [-0.39, 0.29) is 11.6 Å². The largest absolute Gasteiger partial charge is 0.416 e. The van der Waals surface area contributed by atoms with E-state index in [1.54, 1.807) is 7.05 Å². The van der Waals surface area contributed by atoms with Gasteiger partial charge in [0.15, 0.2) is 0 Å². The topological polar surface area (TPSA) is 75.2 Å². The maximum Gasteiger partial charge on any atom is 0.416 e. The standard InChI is InChI=1S/C15H17F3N6O/c1-19-12-21-13(23-14(22-12)24-5-7-25-8-6-24)20-11-4-2-3-10(9-11)15(16,17)18/h2-4,9H,5-8H2,1H3,(H2,19,20,21,22,23). The molecular formula is C15H17F3N6O. The van der Waals surface area contributed by atoms with Crippen LogP contribution in [0.1, 0.15) is 5.56 Å². The number of alkyl halides is 3. The van der Waals surface area contributed by atoms with Gasteiger partial charge in [0.25, 0.3) is 0 Å². The zero-order valence-corrected chi connectivity index (χ0v) is 13.5. The lowest BCUT2D eigenvalue weighted by atomic mass is 10.2. The van der Waals surface area contributed by atoms with Gasteiger partial charge in [-0.2, -0.15) is 28.1 Å². The van der Waals surface area contributed by atoms with Gasteiger partial charge >= 0.3 is 6.18 Å². The second kappa shape index (κ2) is 7.09. The van der Waals surface area contributed by atoms with E-state index in [2.05, 4.69) is 25.6 Å². The van der Waals surface area contributed by atoms with Crippen LogP contribution < -0.4 is 15.5 Å². The molecule has 134 valence electrons. The first-order valence-corrected chi connectivity index (χ1v) is 7.66. The zero-order chi connectivity index (χ0) is 17.9. The van der Waals surface area contributed by atoms with Gasteiger partial charge in [0.1, 0.15) is 0 Å². The van der Waals surface area contributed by atoms with Crippen LogP contribution in [-0.4, -0.2) is 48.3 Å². The molecule has 3 rings (SSSR count). The number of ether oxygens (including phenoxy) is 1. The molecule has 1 saturated heterocycles. The molecule has 0 radical (unpaired) electrons. The molecule has 2 heterocycles. The highest BCUT2D eigenvalue weighted by Gasteiger charge is 2.30. The van der Waals surface area contributed by atoms with Crippen molar-refractivity contribution < 1.29 is 17.9 Å². The number of hydrogen-bond acceptors (Lipinski definition) is 7. The molecule has 0 saturated carbocycles. The van der Waals surface area contributed by atoms with Gasteiger partial charge in [-0.1, -0.05) is 6.07 Å². The van der Waals surface area contributed by atoms with Crippen molar-refractivity contribution in [3.8, 4) is 0 Å². The van der Waals surface area contributed by atoms with E-state index < -0.39 is 11.7 Å². The lowest BCUT2D eigenvalue weighted by Gasteiger charge is -2.27. The van der Waals surface area contributed by atoms with Crippen molar-refractivity contribution in [2.24, 2.45) is 0 Å². The minimum Gasteiger partial charge on any atom is -0.378 e. The maximum absolute atomic E-state index is 12.8. The molecule has 0 spiro atoms. The smallest absolute Gasteiger partial charge is 0.378 e. The molecule has 0 atom stereocenters. The number of halogens is 3. The molecule has 1 aromatic carbocycles. The summed E-state index contributed by atoms with van der Waals surface area (Å²) in [6.07, 6.45) is -4.41. The summed E-state index contributed by atoms with van der Waals surface area (Å²) < 4.78 is 43.8. The average Bonchev–Trinajstić information content (AvgIpc) is 2.61. The van der Waals surface area contributed by atoms with Crippen LogP contribution in [0.15, 0.2) is 24.3 Å². The summed E-state index contributed by atoms with van der Waals surface area (Å²) in [5.74, 6) is 0.934. The predicted octanol–water partition coefficient (Wildman–Crippen LogP) is 2.51. The van der Waals surface area contributed by atoms with E-state index >= 15 is 0 Å². The first-order valence-electron chi connectivity index (χ1n) is 7.66. The Hall–Kier alpha value is -2.62. The quantitative estimate of drug-likeness (QED) is 0.874. The SMILES string of the molecule is CNc1nc(Nc2cccc(C(F)(F)F)c2)nc(N2CCOCC2)n1. The highest BCUT2D eigenvalue weighted by molar-refractivity contribution is 5.57. The Kier molecular flexibility index (Phi) is 4.88. The van der Waals surface area contributed by atoms with Crippen molar-refractivity contribution in [3.05, 3.63) is 29.8 Å². The van der Waals surface area contributed by atoms with E-state index in [0.29, 0.717) is 38.2 Å². The third-order valence-corrected chi connectivity index (χ3v) is 3.59. The normalized spacial score (nSPS) is 15.1. The van der Waals surface area contributed by atoms with Gasteiger partial charge in [-0.15, -0.1) is 0 Å². The second-order valence-electron chi connectivity index (χ2n) is 5.34. The number of nitrogens with one attached hydrogen (secondary N) is 2. The molecule has 1 aliphatic heterocycles. The first kappa shape index (κ1) is 17.2. The summed E-state index contributed by atoms with van der Waals surface area (Å²) in [4.78, 5) is 14.7. The fourth-order valence-electron chi connectivity index (χ4n) is 2.34. The lowest BCUT2D eigenvalue weighted by molar-refractivity contribution is -0.137. The van der Waals surface area contributed by atoms with E-state index in [4.69, 9.17) is 4.74 Å². The molecular weight excluding hydrogens is 337 g/mol. The van der Waals surface area contributed by atoms with Gasteiger partial charge in [0.05, 0.1) is 18.8 Å². The van der Waals surface area contributed by atoms with Crippen LogP contribution in [0.3, 0.4) is 0 Å². The minimum atomic E-state index is -4.41. The summed E-state index contributed by atoms with van der Waals surface area (Å²) in [5, 5.41) is 5.64. The number of hydrogen-bond donors (Lipinski definition) is 2. The Bertz CT molecular complexity index is 733. The van der Waals surface area contributed by atoms with Crippen molar-refractivity contribution in [1.82, 2.24) is 15.0 Å². The molecule has 0 aliphatic carbocycles. The Labute approximate surface area is 142 Å². The van der Waals surface area contributed by atoms with Crippen LogP contribution in [0.5, 0.6) is 0 Å². The monoisotopic (exact) mass is 354 g/mol. The predicted molar refractivity (Wildman–Crippen MR) is 87.1 cm³/mol. The Morgan fingerprint density at radius 2 is 1.80 bits per heavy atom. The summed E-state index contributed by atoms with van der Waals surface area (Å²) in [5.41, 5.74) is -0.496. The third kappa shape index (κ3) is 4.27. The van der Waals surface area contributed by atoms with Crippen LogP contribution in [0.25, 0.3) is 0 Å². The van der Waals surface area contributed by atoms with Gasteiger partial charge < -0.3 is 20.3 Å². The van der Waals surface area contributed by atoms with Crippen molar-refractivity contribution in [2.75, 3.05) is 48.9 Å². The van der Waals surface area contributed by atoms with Gasteiger partial charge in [0.2, 0.25) is 17.8 Å². The number of benzene rings is 1. The van der Waals surface area contributed by atoms with E-state index in [1.807, 2.05) is 4.90 Å². The third-order valence-electron chi connectivity index (χ3n) is 3.59. The Balaban J connectivity index is 1.86. The molecule has 1 fully saturated rings. The highest BCUT2D eigenvalue weighted by atomic mass is 19.4. The van der Waals surface area contributed by atoms with Crippen molar-refractivity contribution in [1.29, 1.82) is 0 Å². The fourth-order valence-corrected chi connectivity index (χ4v) is 2.34. The lowest BCUT2D eigenvalue weighted by Crippen LogP contribution is -2.37. The van der Waals surface area contributed by atoms with Gasteiger partial charge in [-0.3, -0.25) is 0 Å². The van der Waals surface area contributed by atoms with Gasteiger partial charge in [0, 0.05) is 25.8 Å². The van der Waals surface area contributed by atoms with Crippen LogP contribution in [0.2, 0.25) is 0 Å². The summed E-state index contributed by atoms with van der Waals surface area (Å²) in [7, 11) is 1.66. The molecule has 1 aromatic heterocycles. The molecule has 7 nitrogen and oxygen atoms in total. The summed E-state index contributed by atoms with van der Waals surface area (Å²) in [6, 6.07) is 4.87. The zero-order valence-electron chi connectivity index (χ0n) is 13.5. The van der Waals surface area contributed by atoms with Crippen LogP contribution in [-0.2, 0) is 10.9 Å². The Morgan fingerprint density at radius 3 is 2.48 bits per heavy atom. The van der Waals surface area contributed by atoms with Crippen LogP contribution >= 0.6 is 0 Å². The fraction of sp³-hybridized carbons (Fsp3) is 0.400. The van der Waals surface area contributed by atoms with Crippen LogP contribution in [0.4, 0.5) is 36.7 Å². The second-order valence-corrected chi connectivity index (χ2v) is 5.34. The first-order chi connectivity index (χ1) is 12.0. The van der Waals surface area contributed by atoms with Crippen molar-refractivity contribution >= 4 is 23.5 Å². The van der Waals surface area contributed by atoms with Crippen LogP contribution in [0, 0.1) is 0 Å².